The predicted octanol–water partition coefficient (Wildman–Crippen LogP) is 0.117. The first-order valence-corrected chi connectivity index (χ1v) is 8.96. The van der Waals surface area contributed by atoms with Gasteiger partial charge in [0.25, 0.3) is 0 Å². The maximum Gasteiger partial charge on any atom is 0.346 e. The number of hydrogen-bond acceptors (Lipinski definition) is 5. The molecule has 0 bridgehead atoms. The number of para-hydroxylation sites is 1. The minimum absolute atomic E-state index is 0.0120. The first kappa shape index (κ1) is 16.8. The lowest BCUT2D eigenvalue weighted by molar-refractivity contribution is -0.129. The van der Waals surface area contributed by atoms with Crippen LogP contribution in [0.1, 0.15) is 17.0 Å². The third-order valence-electron chi connectivity index (χ3n) is 5.12. The van der Waals surface area contributed by atoms with Crippen molar-refractivity contribution in [1.82, 2.24) is 24.1 Å². The average molecular weight is 356 g/mol. The van der Waals surface area contributed by atoms with Gasteiger partial charge in [-0.25, -0.2) is 9.48 Å². The third-order valence-corrected chi connectivity index (χ3v) is 5.12. The summed E-state index contributed by atoms with van der Waals surface area (Å²) in [5.41, 5.74) is 3.73. The molecule has 0 radical (unpaired) electrons. The molecular formula is C18H24N6O2. The standard InChI is InChI=1S/C18H24N6O2/c1-21(2)16(25)12-24-18(26)23-9-8-22(11-15(23)20-24)10-14-5-3-4-13-6-7-19-17(13)14/h3-5,19H,6-12H2,1-2H3. The van der Waals surface area contributed by atoms with E-state index in [1.54, 1.807) is 18.7 Å². The number of hydrogen-bond donors (Lipinski definition) is 1. The number of aromatic nitrogens is 3. The number of fused-ring (bicyclic) bond motifs is 2. The molecule has 2 aliphatic rings. The van der Waals surface area contributed by atoms with Gasteiger partial charge in [-0.1, -0.05) is 18.2 Å². The Balaban J connectivity index is 1.51. The number of amides is 1. The molecule has 26 heavy (non-hydrogen) atoms. The zero-order valence-corrected chi connectivity index (χ0v) is 15.2. The second kappa shape index (κ2) is 6.60. The van der Waals surface area contributed by atoms with Gasteiger partial charge in [0.15, 0.2) is 0 Å². The lowest BCUT2D eigenvalue weighted by atomic mass is 10.1. The van der Waals surface area contributed by atoms with E-state index in [1.165, 1.54) is 26.4 Å². The smallest absolute Gasteiger partial charge is 0.346 e. The van der Waals surface area contributed by atoms with Gasteiger partial charge in [0, 0.05) is 46.0 Å². The summed E-state index contributed by atoms with van der Waals surface area (Å²) in [5, 5.41) is 7.88. The number of nitrogens with one attached hydrogen (secondary N) is 1. The van der Waals surface area contributed by atoms with Crippen LogP contribution in [0.4, 0.5) is 5.69 Å². The van der Waals surface area contributed by atoms with Crippen LogP contribution in [0.3, 0.4) is 0 Å². The maximum atomic E-state index is 12.5. The Kier molecular flexibility index (Phi) is 4.28. The van der Waals surface area contributed by atoms with Crippen molar-refractivity contribution in [1.29, 1.82) is 0 Å². The molecule has 2 aromatic rings. The summed E-state index contributed by atoms with van der Waals surface area (Å²) in [6.07, 6.45) is 1.08. The molecule has 1 aromatic heterocycles. The Morgan fingerprint density at radius 2 is 2.15 bits per heavy atom. The quantitative estimate of drug-likeness (QED) is 0.842. The van der Waals surface area contributed by atoms with Crippen molar-refractivity contribution < 1.29 is 4.79 Å². The normalized spacial score (nSPS) is 16.1. The molecule has 0 unspecified atom stereocenters. The topological polar surface area (TPSA) is 75.4 Å². The average Bonchev–Trinajstić information content (AvgIpc) is 3.21. The zero-order chi connectivity index (χ0) is 18.3. The Morgan fingerprint density at radius 3 is 2.96 bits per heavy atom. The molecule has 0 spiro atoms. The summed E-state index contributed by atoms with van der Waals surface area (Å²) in [7, 11) is 3.36. The molecule has 8 heteroatoms. The third kappa shape index (κ3) is 3.01. The van der Waals surface area contributed by atoms with Crippen LogP contribution in [0.15, 0.2) is 23.0 Å². The van der Waals surface area contributed by atoms with E-state index in [-0.39, 0.29) is 18.1 Å². The van der Waals surface area contributed by atoms with Gasteiger partial charge in [-0.3, -0.25) is 14.3 Å². The van der Waals surface area contributed by atoms with Crippen LogP contribution in [0.2, 0.25) is 0 Å². The number of benzene rings is 1. The zero-order valence-electron chi connectivity index (χ0n) is 15.2. The van der Waals surface area contributed by atoms with Crippen LogP contribution in [0.25, 0.3) is 0 Å². The number of nitrogens with zero attached hydrogens (tertiary/aromatic N) is 5. The van der Waals surface area contributed by atoms with Crippen LogP contribution in [0, 0.1) is 0 Å². The van der Waals surface area contributed by atoms with E-state index >= 15 is 0 Å². The Labute approximate surface area is 152 Å². The van der Waals surface area contributed by atoms with Gasteiger partial charge < -0.3 is 10.2 Å². The second-order valence-corrected chi connectivity index (χ2v) is 7.13. The summed E-state index contributed by atoms with van der Waals surface area (Å²) in [4.78, 5) is 28.1. The van der Waals surface area contributed by atoms with E-state index in [9.17, 15) is 9.59 Å². The molecule has 2 aliphatic heterocycles. The summed E-state index contributed by atoms with van der Waals surface area (Å²) in [5.74, 6) is 0.596. The van der Waals surface area contributed by atoms with E-state index in [0.29, 0.717) is 13.1 Å². The molecule has 0 fully saturated rings. The highest BCUT2D eigenvalue weighted by Crippen LogP contribution is 2.28. The molecule has 4 rings (SSSR count). The predicted molar refractivity (Wildman–Crippen MR) is 97.9 cm³/mol. The summed E-state index contributed by atoms with van der Waals surface area (Å²) < 4.78 is 2.97. The minimum atomic E-state index is -0.197. The van der Waals surface area contributed by atoms with Gasteiger partial charge in [0.1, 0.15) is 12.4 Å². The monoisotopic (exact) mass is 356 g/mol. The van der Waals surface area contributed by atoms with Crippen LogP contribution >= 0.6 is 0 Å². The molecule has 1 aromatic carbocycles. The van der Waals surface area contributed by atoms with E-state index in [0.717, 1.165) is 31.9 Å². The molecule has 0 saturated heterocycles. The lowest BCUT2D eigenvalue weighted by Gasteiger charge is -2.27. The van der Waals surface area contributed by atoms with E-state index in [1.807, 2.05) is 0 Å². The van der Waals surface area contributed by atoms with Crippen molar-refractivity contribution in [2.75, 3.05) is 32.5 Å². The van der Waals surface area contributed by atoms with Gasteiger partial charge in [-0.15, -0.1) is 0 Å². The van der Waals surface area contributed by atoms with Gasteiger partial charge in [0.05, 0.1) is 6.54 Å². The summed E-state index contributed by atoms with van der Waals surface area (Å²) in [6, 6.07) is 6.45. The number of anilines is 1. The van der Waals surface area contributed by atoms with Crippen molar-refractivity contribution in [2.24, 2.45) is 0 Å². The van der Waals surface area contributed by atoms with Crippen molar-refractivity contribution >= 4 is 11.6 Å². The summed E-state index contributed by atoms with van der Waals surface area (Å²) >= 11 is 0. The van der Waals surface area contributed by atoms with Crippen molar-refractivity contribution in [2.45, 2.75) is 32.6 Å². The van der Waals surface area contributed by atoms with Crippen LogP contribution < -0.4 is 11.0 Å². The van der Waals surface area contributed by atoms with Crippen molar-refractivity contribution in [3.63, 3.8) is 0 Å². The molecule has 0 saturated carbocycles. The first-order valence-electron chi connectivity index (χ1n) is 8.96. The molecule has 0 atom stereocenters. The minimum Gasteiger partial charge on any atom is -0.384 e. The van der Waals surface area contributed by atoms with Gasteiger partial charge in [-0.05, 0) is 17.5 Å². The number of carbonyl (C=O) groups is 1. The first-order chi connectivity index (χ1) is 12.5. The second-order valence-electron chi connectivity index (χ2n) is 7.13. The highest BCUT2D eigenvalue weighted by molar-refractivity contribution is 5.75. The fourth-order valence-corrected chi connectivity index (χ4v) is 3.64. The van der Waals surface area contributed by atoms with Crippen molar-refractivity contribution in [3.8, 4) is 0 Å². The van der Waals surface area contributed by atoms with Gasteiger partial charge in [0.2, 0.25) is 5.91 Å². The maximum absolute atomic E-state index is 12.5. The van der Waals surface area contributed by atoms with E-state index < -0.39 is 0 Å². The van der Waals surface area contributed by atoms with Gasteiger partial charge >= 0.3 is 5.69 Å². The van der Waals surface area contributed by atoms with E-state index in [4.69, 9.17) is 0 Å². The van der Waals surface area contributed by atoms with Crippen LogP contribution in [0.5, 0.6) is 0 Å². The molecule has 8 nitrogen and oxygen atoms in total. The van der Waals surface area contributed by atoms with Gasteiger partial charge in [-0.2, -0.15) is 5.10 Å². The van der Waals surface area contributed by atoms with E-state index in [2.05, 4.69) is 33.5 Å². The Morgan fingerprint density at radius 1 is 1.31 bits per heavy atom. The summed E-state index contributed by atoms with van der Waals surface area (Å²) in [6.45, 7) is 3.82. The molecule has 138 valence electrons. The Bertz CT molecular complexity index is 898. The molecule has 1 N–H and O–H groups in total. The number of carbonyl (C=O) groups excluding carboxylic acids is 1. The largest absolute Gasteiger partial charge is 0.384 e. The fourth-order valence-electron chi connectivity index (χ4n) is 3.64. The Hall–Kier alpha value is -2.61. The molecular weight excluding hydrogens is 332 g/mol. The van der Waals surface area contributed by atoms with Crippen molar-refractivity contribution in [3.05, 3.63) is 45.6 Å². The van der Waals surface area contributed by atoms with Crippen LogP contribution in [-0.4, -0.2) is 57.2 Å². The highest BCUT2D eigenvalue weighted by atomic mass is 16.2. The fraction of sp³-hybridized carbons (Fsp3) is 0.500. The molecule has 3 heterocycles. The molecule has 0 aliphatic carbocycles. The lowest BCUT2D eigenvalue weighted by Crippen LogP contribution is -2.38. The SMILES string of the molecule is CN(C)C(=O)Cn1nc2n(c1=O)CCN(Cc1cccc3c1NCC3)C2. The number of likely N-dealkylation sites (N-methyl/N-ethyl adjacent to an activating group) is 1. The van der Waals surface area contributed by atoms with Crippen LogP contribution in [-0.2, 0) is 37.4 Å². The molecule has 1 amide bonds. The number of rotatable bonds is 4. The highest BCUT2D eigenvalue weighted by Gasteiger charge is 2.24.